The average Bonchev–Trinajstić information content (AvgIpc) is 2.73. The molecule has 0 radical (unpaired) electrons. The molecular formula is C14H20FNO. The van der Waals surface area contributed by atoms with Crippen LogP contribution in [0.1, 0.15) is 31.7 Å². The molecule has 94 valence electrons. The minimum atomic E-state index is -0.192. The molecule has 1 aliphatic rings. The van der Waals surface area contributed by atoms with Crippen LogP contribution in [0.3, 0.4) is 0 Å². The Morgan fingerprint density at radius 1 is 1.41 bits per heavy atom. The molecule has 0 saturated heterocycles. The Morgan fingerprint density at radius 2 is 2.24 bits per heavy atom. The molecule has 3 heteroatoms. The van der Waals surface area contributed by atoms with Gasteiger partial charge in [0.05, 0.1) is 7.11 Å². The molecule has 2 atom stereocenters. The van der Waals surface area contributed by atoms with Crippen molar-refractivity contribution in [3.8, 4) is 5.75 Å². The van der Waals surface area contributed by atoms with Crippen LogP contribution in [0, 0.1) is 11.7 Å². The van der Waals surface area contributed by atoms with Gasteiger partial charge in [-0.05, 0) is 24.8 Å². The fraction of sp³-hybridized carbons (Fsp3) is 0.571. The van der Waals surface area contributed by atoms with Crippen molar-refractivity contribution in [1.82, 2.24) is 5.32 Å². The van der Waals surface area contributed by atoms with Gasteiger partial charge in [-0.3, -0.25) is 0 Å². The SMILES string of the molecule is COc1ccc(CNC2CCCC2C)c(F)c1. The maximum atomic E-state index is 13.7. The van der Waals surface area contributed by atoms with Gasteiger partial charge in [0.1, 0.15) is 11.6 Å². The molecule has 0 bridgehead atoms. The average molecular weight is 237 g/mol. The lowest BCUT2D eigenvalue weighted by molar-refractivity contribution is 0.406. The molecule has 1 saturated carbocycles. The van der Waals surface area contributed by atoms with E-state index in [9.17, 15) is 4.39 Å². The fourth-order valence-electron chi connectivity index (χ4n) is 2.49. The molecule has 1 N–H and O–H groups in total. The molecule has 2 unspecified atom stereocenters. The third-order valence-electron chi connectivity index (χ3n) is 3.68. The summed E-state index contributed by atoms with van der Waals surface area (Å²) in [5.74, 6) is 1.08. The number of halogens is 1. The normalized spacial score (nSPS) is 23.9. The highest BCUT2D eigenvalue weighted by Crippen LogP contribution is 2.25. The van der Waals surface area contributed by atoms with E-state index in [0.717, 1.165) is 0 Å². The minimum absolute atomic E-state index is 0.192. The second-order valence-electron chi connectivity index (χ2n) is 4.85. The fourth-order valence-corrected chi connectivity index (χ4v) is 2.49. The lowest BCUT2D eigenvalue weighted by Crippen LogP contribution is -2.30. The first kappa shape index (κ1) is 12.4. The summed E-state index contributed by atoms with van der Waals surface area (Å²) in [6.45, 7) is 2.86. The summed E-state index contributed by atoms with van der Waals surface area (Å²) in [6.07, 6.45) is 3.77. The lowest BCUT2D eigenvalue weighted by atomic mass is 10.1. The second kappa shape index (κ2) is 5.50. The molecular weight excluding hydrogens is 217 g/mol. The van der Waals surface area contributed by atoms with Crippen LogP contribution in [0.2, 0.25) is 0 Å². The Labute approximate surface area is 102 Å². The Morgan fingerprint density at radius 3 is 2.82 bits per heavy atom. The van der Waals surface area contributed by atoms with Gasteiger partial charge < -0.3 is 10.1 Å². The van der Waals surface area contributed by atoms with Gasteiger partial charge in [-0.1, -0.05) is 19.4 Å². The molecule has 0 spiro atoms. The summed E-state index contributed by atoms with van der Waals surface area (Å²) in [5, 5.41) is 3.45. The van der Waals surface area contributed by atoms with Crippen molar-refractivity contribution in [3.05, 3.63) is 29.6 Å². The van der Waals surface area contributed by atoms with Gasteiger partial charge in [0, 0.05) is 24.2 Å². The van der Waals surface area contributed by atoms with Crippen LogP contribution in [-0.2, 0) is 6.54 Å². The van der Waals surface area contributed by atoms with E-state index in [-0.39, 0.29) is 5.82 Å². The molecule has 0 aliphatic heterocycles. The van der Waals surface area contributed by atoms with E-state index in [4.69, 9.17) is 4.74 Å². The zero-order valence-corrected chi connectivity index (χ0v) is 10.5. The zero-order chi connectivity index (χ0) is 12.3. The van der Waals surface area contributed by atoms with Crippen LogP contribution in [0.25, 0.3) is 0 Å². The standard InChI is InChI=1S/C14H20FNO/c1-10-4-3-5-14(10)16-9-11-6-7-12(17-2)8-13(11)15/h6-8,10,14,16H,3-5,9H2,1-2H3. The molecule has 1 aromatic rings. The molecule has 2 nitrogen and oxygen atoms in total. The largest absolute Gasteiger partial charge is 0.497 e. The third kappa shape index (κ3) is 2.97. The van der Waals surface area contributed by atoms with E-state index >= 15 is 0 Å². The topological polar surface area (TPSA) is 21.3 Å². The summed E-state index contributed by atoms with van der Waals surface area (Å²) in [7, 11) is 1.55. The van der Waals surface area contributed by atoms with E-state index < -0.39 is 0 Å². The van der Waals surface area contributed by atoms with Crippen molar-refractivity contribution in [3.63, 3.8) is 0 Å². The quantitative estimate of drug-likeness (QED) is 0.868. The highest BCUT2D eigenvalue weighted by atomic mass is 19.1. The molecule has 2 rings (SSSR count). The molecule has 17 heavy (non-hydrogen) atoms. The Hall–Kier alpha value is -1.09. The van der Waals surface area contributed by atoms with Crippen molar-refractivity contribution in [2.75, 3.05) is 7.11 Å². The highest BCUT2D eigenvalue weighted by Gasteiger charge is 2.22. The predicted octanol–water partition coefficient (Wildman–Crippen LogP) is 3.11. The maximum Gasteiger partial charge on any atom is 0.131 e. The lowest BCUT2D eigenvalue weighted by Gasteiger charge is -2.17. The van der Waals surface area contributed by atoms with E-state index in [1.807, 2.05) is 0 Å². The molecule has 1 fully saturated rings. The van der Waals surface area contributed by atoms with Crippen molar-refractivity contribution in [1.29, 1.82) is 0 Å². The van der Waals surface area contributed by atoms with E-state index in [1.54, 1.807) is 19.2 Å². The Balaban J connectivity index is 1.94. The number of ether oxygens (including phenoxy) is 1. The monoisotopic (exact) mass is 237 g/mol. The van der Waals surface area contributed by atoms with Gasteiger partial charge in [0.15, 0.2) is 0 Å². The van der Waals surface area contributed by atoms with Gasteiger partial charge in [-0.15, -0.1) is 0 Å². The summed E-state index contributed by atoms with van der Waals surface area (Å²) < 4.78 is 18.7. The molecule has 1 aliphatic carbocycles. The van der Waals surface area contributed by atoms with Gasteiger partial charge in [-0.2, -0.15) is 0 Å². The number of benzene rings is 1. The van der Waals surface area contributed by atoms with Gasteiger partial charge in [0.25, 0.3) is 0 Å². The summed E-state index contributed by atoms with van der Waals surface area (Å²) in [4.78, 5) is 0. The maximum absolute atomic E-state index is 13.7. The van der Waals surface area contributed by atoms with E-state index in [1.165, 1.54) is 25.3 Å². The van der Waals surface area contributed by atoms with Crippen LogP contribution in [-0.4, -0.2) is 13.2 Å². The second-order valence-corrected chi connectivity index (χ2v) is 4.85. The minimum Gasteiger partial charge on any atom is -0.497 e. The van der Waals surface area contributed by atoms with Crippen molar-refractivity contribution in [2.45, 2.75) is 38.8 Å². The van der Waals surface area contributed by atoms with Crippen LogP contribution in [0.5, 0.6) is 5.75 Å². The molecule has 0 heterocycles. The van der Waals surface area contributed by atoms with Crippen LogP contribution < -0.4 is 10.1 Å². The van der Waals surface area contributed by atoms with Crippen molar-refractivity contribution < 1.29 is 9.13 Å². The number of methoxy groups -OCH3 is 1. The summed E-state index contributed by atoms with van der Waals surface area (Å²) in [5.41, 5.74) is 0.713. The number of hydrogen-bond acceptors (Lipinski definition) is 2. The highest BCUT2D eigenvalue weighted by molar-refractivity contribution is 5.28. The first-order chi connectivity index (χ1) is 8.20. The summed E-state index contributed by atoms with van der Waals surface area (Å²) in [6, 6.07) is 5.57. The van der Waals surface area contributed by atoms with Crippen LogP contribution >= 0.6 is 0 Å². The van der Waals surface area contributed by atoms with Gasteiger partial charge in [0.2, 0.25) is 0 Å². The van der Waals surface area contributed by atoms with Crippen molar-refractivity contribution >= 4 is 0 Å². The number of nitrogens with one attached hydrogen (secondary N) is 1. The van der Waals surface area contributed by atoms with Gasteiger partial charge in [-0.25, -0.2) is 4.39 Å². The van der Waals surface area contributed by atoms with E-state index in [2.05, 4.69) is 12.2 Å². The first-order valence-corrected chi connectivity index (χ1v) is 6.26. The molecule has 0 amide bonds. The Bertz CT molecular complexity index is 380. The zero-order valence-electron chi connectivity index (χ0n) is 10.5. The summed E-state index contributed by atoms with van der Waals surface area (Å²) >= 11 is 0. The van der Waals surface area contributed by atoms with E-state index in [0.29, 0.717) is 29.8 Å². The first-order valence-electron chi connectivity index (χ1n) is 6.26. The predicted molar refractivity (Wildman–Crippen MR) is 66.6 cm³/mol. The Kier molecular flexibility index (Phi) is 4.00. The molecule has 0 aromatic heterocycles. The molecule has 1 aromatic carbocycles. The van der Waals surface area contributed by atoms with Gasteiger partial charge >= 0.3 is 0 Å². The smallest absolute Gasteiger partial charge is 0.131 e. The number of rotatable bonds is 4. The van der Waals surface area contributed by atoms with Crippen molar-refractivity contribution in [2.24, 2.45) is 5.92 Å². The third-order valence-corrected chi connectivity index (χ3v) is 3.68. The van der Waals surface area contributed by atoms with Crippen LogP contribution in [0.15, 0.2) is 18.2 Å². The van der Waals surface area contributed by atoms with Crippen LogP contribution in [0.4, 0.5) is 4.39 Å². The number of hydrogen-bond donors (Lipinski definition) is 1.